The Kier molecular flexibility index (Phi) is 8.05. The Bertz CT molecular complexity index is 1340. The summed E-state index contributed by atoms with van der Waals surface area (Å²) in [6.45, 7) is 1.23. The molecule has 0 spiro atoms. The van der Waals surface area contributed by atoms with E-state index in [0.717, 1.165) is 27.9 Å². The molecule has 0 atom stereocenters. The van der Waals surface area contributed by atoms with Crippen LogP contribution in [0.2, 0.25) is 5.02 Å². The molecule has 0 radical (unpaired) electrons. The molecule has 0 aliphatic heterocycles. The molecule has 2 heterocycles. The van der Waals surface area contributed by atoms with Crippen LogP contribution in [0.15, 0.2) is 91.4 Å². The number of pyridine rings is 1. The highest BCUT2D eigenvalue weighted by atomic mass is 35.5. The minimum Gasteiger partial charge on any atom is -0.334 e. The van der Waals surface area contributed by atoms with Gasteiger partial charge in [-0.05, 0) is 29.3 Å². The molecule has 0 unspecified atom stereocenters. The van der Waals surface area contributed by atoms with Crippen LogP contribution in [0.3, 0.4) is 0 Å². The molecular weight excluding hydrogens is 458 g/mol. The zero-order valence-electron chi connectivity index (χ0n) is 19.1. The molecule has 174 valence electrons. The van der Waals surface area contributed by atoms with Gasteiger partial charge in [0.15, 0.2) is 0 Å². The van der Waals surface area contributed by atoms with Crippen LogP contribution in [0.5, 0.6) is 0 Å². The summed E-state index contributed by atoms with van der Waals surface area (Å²) < 4.78 is 1.83. The molecule has 0 saturated carbocycles. The van der Waals surface area contributed by atoms with E-state index in [1.807, 2.05) is 77.6 Å². The fourth-order valence-electron chi connectivity index (χ4n) is 3.69. The molecule has 35 heavy (non-hydrogen) atoms. The second-order valence-electron chi connectivity index (χ2n) is 7.95. The summed E-state index contributed by atoms with van der Waals surface area (Å²) in [7, 11) is 0. The largest absolute Gasteiger partial charge is 0.334 e. The Labute approximate surface area is 209 Å². The van der Waals surface area contributed by atoms with Gasteiger partial charge in [0.25, 0.3) is 0 Å². The Balaban J connectivity index is 1.61. The minimum absolute atomic E-state index is 0.179. The molecule has 0 aliphatic rings. The number of aromatic nitrogens is 3. The molecule has 0 aliphatic carbocycles. The fourth-order valence-corrected chi connectivity index (χ4v) is 3.89. The van der Waals surface area contributed by atoms with Crippen LogP contribution in [0.4, 0.5) is 0 Å². The average Bonchev–Trinajstić information content (AvgIpc) is 3.30. The van der Waals surface area contributed by atoms with Crippen molar-refractivity contribution in [3.05, 3.63) is 113 Å². The van der Waals surface area contributed by atoms with Gasteiger partial charge in [0.1, 0.15) is 0 Å². The van der Waals surface area contributed by atoms with Crippen LogP contribution in [0.1, 0.15) is 23.1 Å². The van der Waals surface area contributed by atoms with Gasteiger partial charge in [-0.2, -0.15) is 10.4 Å². The topological polar surface area (TPSA) is 74.8 Å². The van der Waals surface area contributed by atoms with Crippen LogP contribution in [0.25, 0.3) is 17.3 Å². The second kappa shape index (κ2) is 11.8. The van der Waals surface area contributed by atoms with Crippen molar-refractivity contribution in [1.29, 1.82) is 5.26 Å². The minimum atomic E-state index is -0.179. The first-order valence-electron chi connectivity index (χ1n) is 11.2. The first-order valence-corrected chi connectivity index (χ1v) is 11.6. The van der Waals surface area contributed by atoms with Crippen LogP contribution in [0, 0.1) is 11.3 Å². The van der Waals surface area contributed by atoms with Crippen molar-refractivity contribution < 1.29 is 4.79 Å². The van der Waals surface area contributed by atoms with Crippen molar-refractivity contribution in [2.24, 2.45) is 0 Å². The summed E-state index contributed by atoms with van der Waals surface area (Å²) >= 11 is 6.35. The third kappa shape index (κ3) is 6.44. The quantitative estimate of drug-likeness (QED) is 0.291. The third-order valence-electron chi connectivity index (χ3n) is 5.43. The lowest BCUT2D eigenvalue weighted by Gasteiger charge is -2.19. The Morgan fingerprint density at radius 1 is 1.09 bits per heavy atom. The summed E-state index contributed by atoms with van der Waals surface area (Å²) in [5, 5.41) is 14.5. The van der Waals surface area contributed by atoms with Gasteiger partial charge >= 0.3 is 0 Å². The van der Waals surface area contributed by atoms with Gasteiger partial charge in [-0.25, -0.2) is 0 Å². The zero-order valence-corrected chi connectivity index (χ0v) is 19.8. The molecule has 7 heteroatoms. The molecule has 4 rings (SSSR count). The lowest BCUT2D eigenvalue weighted by atomic mass is 10.1. The Hall–Kier alpha value is -4.21. The number of rotatable bonds is 9. The predicted molar refractivity (Wildman–Crippen MR) is 137 cm³/mol. The van der Waals surface area contributed by atoms with Crippen molar-refractivity contribution in [3.63, 3.8) is 0 Å². The molecule has 4 aromatic rings. The number of benzene rings is 2. The highest BCUT2D eigenvalue weighted by Gasteiger charge is 2.14. The van der Waals surface area contributed by atoms with Crippen molar-refractivity contribution in [1.82, 2.24) is 19.7 Å². The molecule has 6 nitrogen and oxygen atoms in total. The van der Waals surface area contributed by atoms with Crippen LogP contribution >= 0.6 is 11.6 Å². The van der Waals surface area contributed by atoms with E-state index in [1.165, 1.54) is 6.08 Å². The van der Waals surface area contributed by atoms with Gasteiger partial charge in [-0.3, -0.25) is 14.5 Å². The lowest BCUT2D eigenvalue weighted by Crippen LogP contribution is -2.29. The number of nitrogens with zero attached hydrogens (tertiary/aromatic N) is 5. The molecule has 2 aromatic carbocycles. The van der Waals surface area contributed by atoms with Crippen molar-refractivity contribution in [2.75, 3.05) is 6.54 Å². The first kappa shape index (κ1) is 23.9. The van der Waals surface area contributed by atoms with Gasteiger partial charge in [0, 0.05) is 53.9 Å². The number of nitriles is 1. The first-order chi connectivity index (χ1) is 17.1. The standard InChI is InChI=1S/C28H24ClN5O/c29-26-12-5-4-11-24(26)20-34-21-25(28(32-34)23-9-2-1-3-10-23)13-14-27(35)33(17-7-15-30)19-22-8-6-16-31-18-22/h1-6,8-14,16,18,21H,7,17,19-20H2. The van der Waals surface area contributed by atoms with E-state index in [4.69, 9.17) is 22.0 Å². The highest BCUT2D eigenvalue weighted by molar-refractivity contribution is 6.31. The molecule has 1 amide bonds. The molecule has 0 N–H and O–H groups in total. The Morgan fingerprint density at radius 2 is 1.89 bits per heavy atom. The number of hydrogen-bond donors (Lipinski definition) is 0. The van der Waals surface area contributed by atoms with Crippen molar-refractivity contribution >= 4 is 23.6 Å². The summed E-state index contributed by atoms with van der Waals surface area (Å²) in [4.78, 5) is 18.8. The van der Waals surface area contributed by atoms with Gasteiger partial charge in [-0.15, -0.1) is 0 Å². The highest BCUT2D eigenvalue weighted by Crippen LogP contribution is 2.25. The molecule has 2 aromatic heterocycles. The number of carbonyl (C=O) groups excluding carboxylic acids is 1. The third-order valence-corrected chi connectivity index (χ3v) is 5.80. The van der Waals surface area contributed by atoms with Crippen LogP contribution < -0.4 is 0 Å². The van der Waals surface area contributed by atoms with E-state index in [0.29, 0.717) is 24.7 Å². The summed E-state index contributed by atoms with van der Waals surface area (Å²) in [6, 6.07) is 23.4. The monoisotopic (exact) mass is 481 g/mol. The normalized spacial score (nSPS) is 10.9. The van der Waals surface area contributed by atoms with E-state index in [-0.39, 0.29) is 12.3 Å². The fraction of sp³-hybridized carbons (Fsp3) is 0.143. The van der Waals surface area contributed by atoms with Crippen molar-refractivity contribution in [2.45, 2.75) is 19.5 Å². The number of hydrogen-bond acceptors (Lipinski definition) is 4. The Morgan fingerprint density at radius 3 is 2.63 bits per heavy atom. The van der Waals surface area contributed by atoms with Gasteiger partial charge in [-0.1, -0.05) is 66.2 Å². The summed E-state index contributed by atoms with van der Waals surface area (Å²) in [5.41, 5.74) is 4.41. The lowest BCUT2D eigenvalue weighted by molar-refractivity contribution is -0.126. The van der Waals surface area contributed by atoms with E-state index in [9.17, 15) is 4.79 Å². The van der Waals surface area contributed by atoms with Crippen LogP contribution in [-0.2, 0) is 17.9 Å². The smallest absolute Gasteiger partial charge is 0.246 e. The number of carbonyl (C=O) groups is 1. The average molecular weight is 482 g/mol. The maximum absolute atomic E-state index is 13.1. The van der Waals surface area contributed by atoms with Gasteiger partial charge in [0.05, 0.1) is 24.7 Å². The number of halogens is 1. The van der Waals surface area contributed by atoms with E-state index in [1.54, 1.807) is 23.4 Å². The molecule has 0 bridgehead atoms. The van der Waals surface area contributed by atoms with E-state index in [2.05, 4.69) is 11.1 Å². The van der Waals surface area contributed by atoms with E-state index < -0.39 is 0 Å². The summed E-state index contributed by atoms with van der Waals surface area (Å²) in [5.74, 6) is -0.179. The van der Waals surface area contributed by atoms with Crippen molar-refractivity contribution in [3.8, 4) is 17.3 Å². The predicted octanol–water partition coefficient (Wildman–Crippen LogP) is 5.60. The molecule has 0 fully saturated rings. The molecular formula is C28H24ClN5O. The second-order valence-corrected chi connectivity index (χ2v) is 8.36. The van der Waals surface area contributed by atoms with Gasteiger partial charge < -0.3 is 4.90 Å². The maximum Gasteiger partial charge on any atom is 0.246 e. The van der Waals surface area contributed by atoms with Gasteiger partial charge in [0.2, 0.25) is 5.91 Å². The summed E-state index contributed by atoms with van der Waals surface area (Å²) in [6.07, 6.45) is 8.90. The van der Waals surface area contributed by atoms with Crippen LogP contribution in [-0.4, -0.2) is 32.1 Å². The molecule has 0 saturated heterocycles. The maximum atomic E-state index is 13.1. The zero-order chi connectivity index (χ0) is 24.5. The number of amides is 1. The SMILES string of the molecule is N#CCCN(Cc1cccnc1)C(=O)C=Cc1cn(Cc2ccccc2Cl)nc1-c1ccccc1. The van der Waals surface area contributed by atoms with E-state index >= 15 is 0 Å².